The van der Waals surface area contributed by atoms with Crippen LogP contribution in [0, 0.1) is 23.7 Å². The zero-order valence-corrected chi connectivity index (χ0v) is 17.6. The summed E-state index contributed by atoms with van der Waals surface area (Å²) in [5.74, 6) is -1.12. The predicted octanol–water partition coefficient (Wildman–Crippen LogP) is 3.00. The van der Waals surface area contributed by atoms with Gasteiger partial charge in [-0.1, -0.05) is 48.5 Å². The van der Waals surface area contributed by atoms with Crippen molar-refractivity contribution in [1.29, 1.82) is 0 Å². The Morgan fingerprint density at radius 2 is 1.41 bits per heavy atom. The fraction of sp³-hybridized carbons (Fsp3) is 0.400. The van der Waals surface area contributed by atoms with Gasteiger partial charge < -0.3 is 20.5 Å². The van der Waals surface area contributed by atoms with E-state index < -0.39 is 12.1 Å². The molecule has 2 fully saturated rings. The normalized spacial score (nSPS) is 24.8. The van der Waals surface area contributed by atoms with Gasteiger partial charge in [0.05, 0.1) is 5.92 Å². The number of carboxylic acids is 1. The number of aliphatic carboxylic acids is 1. The van der Waals surface area contributed by atoms with E-state index in [9.17, 15) is 14.4 Å². The van der Waals surface area contributed by atoms with Crippen LogP contribution in [0.5, 0.6) is 0 Å². The summed E-state index contributed by atoms with van der Waals surface area (Å²) in [4.78, 5) is 35.3. The first-order valence-electron chi connectivity index (χ1n) is 11.1. The van der Waals surface area contributed by atoms with Gasteiger partial charge in [-0.15, -0.1) is 0 Å². The molecule has 7 nitrogen and oxygen atoms in total. The highest BCUT2D eigenvalue weighted by atomic mass is 16.5. The lowest BCUT2D eigenvalue weighted by Crippen LogP contribution is -2.31. The summed E-state index contributed by atoms with van der Waals surface area (Å²) in [5, 5.41) is 14.5. The quantitative estimate of drug-likeness (QED) is 0.593. The van der Waals surface area contributed by atoms with E-state index in [4.69, 9.17) is 9.84 Å². The van der Waals surface area contributed by atoms with Gasteiger partial charge in [-0.2, -0.15) is 0 Å². The van der Waals surface area contributed by atoms with Crippen LogP contribution in [-0.4, -0.2) is 42.8 Å². The van der Waals surface area contributed by atoms with E-state index in [0.29, 0.717) is 19.5 Å². The fourth-order valence-corrected chi connectivity index (χ4v) is 4.80. The summed E-state index contributed by atoms with van der Waals surface area (Å²) < 4.78 is 5.53. The van der Waals surface area contributed by atoms with Gasteiger partial charge in [0.1, 0.15) is 6.61 Å². The number of carbonyl (C=O) groups excluding carboxylic acids is 2. The molecule has 0 saturated heterocycles. The van der Waals surface area contributed by atoms with Gasteiger partial charge in [0, 0.05) is 24.9 Å². The molecule has 0 heterocycles. The van der Waals surface area contributed by atoms with Crippen LogP contribution in [0.2, 0.25) is 0 Å². The van der Waals surface area contributed by atoms with Crippen LogP contribution in [0.25, 0.3) is 11.1 Å². The second-order valence-electron chi connectivity index (χ2n) is 8.99. The Labute approximate surface area is 186 Å². The highest BCUT2D eigenvalue weighted by Gasteiger charge is 2.46. The van der Waals surface area contributed by atoms with E-state index in [0.717, 1.165) is 6.42 Å². The van der Waals surface area contributed by atoms with Crippen molar-refractivity contribution in [3.05, 3.63) is 59.7 Å². The summed E-state index contributed by atoms with van der Waals surface area (Å²) in [7, 11) is 0. The van der Waals surface area contributed by atoms with E-state index >= 15 is 0 Å². The third-order valence-corrected chi connectivity index (χ3v) is 6.89. The van der Waals surface area contributed by atoms with E-state index in [1.165, 1.54) is 22.3 Å². The highest BCUT2D eigenvalue weighted by Crippen LogP contribution is 2.44. The number of hydrogen-bond acceptors (Lipinski definition) is 4. The van der Waals surface area contributed by atoms with E-state index in [2.05, 4.69) is 34.9 Å². The lowest BCUT2D eigenvalue weighted by atomic mass is 9.98. The molecule has 3 N–H and O–H groups in total. The van der Waals surface area contributed by atoms with E-state index in [1.807, 2.05) is 24.3 Å². The molecule has 3 aliphatic rings. The number of carboxylic acid groups (broad SMARTS) is 1. The molecule has 0 spiro atoms. The Bertz CT molecular complexity index is 1020. The van der Waals surface area contributed by atoms with Gasteiger partial charge >= 0.3 is 12.1 Å². The molecule has 4 atom stereocenters. The van der Waals surface area contributed by atoms with Crippen LogP contribution in [0.1, 0.15) is 29.9 Å². The zero-order chi connectivity index (χ0) is 22.2. The van der Waals surface area contributed by atoms with Gasteiger partial charge in [0.25, 0.3) is 0 Å². The lowest BCUT2D eigenvalue weighted by Gasteiger charge is -2.14. The summed E-state index contributed by atoms with van der Waals surface area (Å²) in [6.07, 6.45) is 0.885. The van der Waals surface area contributed by atoms with Crippen LogP contribution in [0.15, 0.2) is 48.5 Å². The molecule has 0 radical (unpaired) electrons. The van der Waals surface area contributed by atoms with E-state index in [1.54, 1.807) is 0 Å². The summed E-state index contributed by atoms with van der Waals surface area (Å²) in [6, 6.07) is 16.4. The minimum atomic E-state index is -0.791. The minimum absolute atomic E-state index is 0.0182. The molecule has 5 rings (SSSR count). The summed E-state index contributed by atoms with van der Waals surface area (Å²) >= 11 is 0. The maximum absolute atomic E-state index is 12.3. The third kappa shape index (κ3) is 4.07. The molecule has 7 heteroatoms. The molecule has 0 aromatic heterocycles. The number of amides is 2. The largest absolute Gasteiger partial charge is 0.481 e. The molecule has 2 saturated carbocycles. The van der Waals surface area contributed by atoms with Gasteiger partial charge in [-0.25, -0.2) is 4.79 Å². The fourth-order valence-electron chi connectivity index (χ4n) is 4.80. The van der Waals surface area contributed by atoms with Gasteiger partial charge in [0.2, 0.25) is 5.91 Å². The Hall–Kier alpha value is -3.35. The number of carbonyl (C=O) groups is 3. The average Bonchev–Trinajstić information content (AvgIpc) is 3.71. The van der Waals surface area contributed by atoms with Crippen LogP contribution in [0.4, 0.5) is 4.79 Å². The van der Waals surface area contributed by atoms with Crippen molar-refractivity contribution in [1.82, 2.24) is 10.6 Å². The number of ether oxygens (including phenoxy) is 1. The smallest absolute Gasteiger partial charge is 0.407 e. The van der Waals surface area contributed by atoms with Crippen LogP contribution < -0.4 is 10.6 Å². The van der Waals surface area contributed by atoms with Gasteiger partial charge in [0.15, 0.2) is 0 Å². The van der Waals surface area contributed by atoms with Crippen molar-refractivity contribution >= 4 is 18.0 Å². The monoisotopic (exact) mass is 434 g/mol. The number of benzene rings is 2. The number of hydrogen-bond donors (Lipinski definition) is 3. The van der Waals surface area contributed by atoms with Crippen LogP contribution in [-0.2, 0) is 14.3 Å². The lowest BCUT2D eigenvalue weighted by molar-refractivity contribution is -0.139. The first-order chi connectivity index (χ1) is 15.5. The molecular weight excluding hydrogens is 408 g/mol. The predicted molar refractivity (Wildman–Crippen MR) is 117 cm³/mol. The van der Waals surface area contributed by atoms with E-state index in [-0.39, 0.29) is 42.1 Å². The Morgan fingerprint density at radius 3 is 2.03 bits per heavy atom. The van der Waals surface area contributed by atoms with Crippen LogP contribution in [0.3, 0.4) is 0 Å². The Balaban J connectivity index is 1.06. The molecule has 0 bridgehead atoms. The van der Waals surface area contributed by atoms with Crippen molar-refractivity contribution < 1.29 is 24.2 Å². The number of alkyl carbamates (subject to hydrolysis) is 1. The molecular formula is C25H26N2O5. The Kier molecular flexibility index (Phi) is 5.33. The van der Waals surface area contributed by atoms with Crippen molar-refractivity contribution in [2.75, 3.05) is 19.7 Å². The molecule has 2 aromatic carbocycles. The molecule has 2 amide bonds. The van der Waals surface area contributed by atoms with Crippen molar-refractivity contribution in [3.8, 4) is 11.1 Å². The zero-order valence-electron chi connectivity index (χ0n) is 17.6. The highest BCUT2D eigenvalue weighted by molar-refractivity contribution is 5.82. The molecule has 4 unspecified atom stereocenters. The van der Waals surface area contributed by atoms with Crippen LogP contribution >= 0.6 is 0 Å². The molecule has 0 aliphatic heterocycles. The standard InChI is InChI=1S/C25H26N2O5/c28-23(26-11-15-10-21(15)24(29)30)20-9-14(20)12-27-25(31)32-13-22-18-7-3-1-5-16(18)17-6-2-4-8-19(17)22/h1-8,14-15,20-22H,9-13H2,(H,26,28)(H,27,31)(H,29,30). The molecule has 2 aromatic rings. The Morgan fingerprint density at radius 1 is 0.844 bits per heavy atom. The SMILES string of the molecule is O=C(NCC1CC1C(=O)NCC1CC1C(=O)O)OCC1c2ccccc2-c2ccccc21. The first kappa shape index (κ1) is 20.5. The topological polar surface area (TPSA) is 105 Å². The second-order valence-corrected chi connectivity index (χ2v) is 8.99. The van der Waals surface area contributed by atoms with Crippen molar-refractivity contribution in [2.24, 2.45) is 23.7 Å². The minimum Gasteiger partial charge on any atom is -0.481 e. The average molecular weight is 434 g/mol. The first-order valence-corrected chi connectivity index (χ1v) is 11.1. The number of rotatable bonds is 8. The number of nitrogens with one attached hydrogen (secondary N) is 2. The molecule has 166 valence electrons. The van der Waals surface area contributed by atoms with Gasteiger partial charge in [-0.05, 0) is 46.9 Å². The molecule has 32 heavy (non-hydrogen) atoms. The maximum Gasteiger partial charge on any atom is 0.407 e. The summed E-state index contributed by atoms with van der Waals surface area (Å²) in [6.45, 7) is 1.08. The summed E-state index contributed by atoms with van der Waals surface area (Å²) in [5.41, 5.74) is 4.71. The van der Waals surface area contributed by atoms with Crippen molar-refractivity contribution in [2.45, 2.75) is 18.8 Å². The second kappa shape index (κ2) is 8.30. The number of fused-ring (bicyclic) bond motifs is 3. The molecule has 3 aliphatic carbocycles. The third-order valence-electron chi connectivity index (χ3n) is 6.89. The van der Waals surface area contributed by atoms with Crippen molar-refractivity contribution in [3.63, 3.8) is 0 Å². The van der Waals surface area contributed by atoms with Gasteiger partial charge in [-0.3, -0.25) is 9.59 Å². The maximum atomic E-state index is 12.3.